The molecule has 16 heteroatoms. The Balaban J connectivity index is 1.57. The number of para-hydroxylation sites is 1. The average molecular weight is 548 g/mol. The monoisotopic (exact) mass is 547 g/mol. The van der Waals surface area contributed by atoms with Gasteiger partial charge < -0.3 is 19.7 Å². The molecule has 5 rings (SSSR count). The summed E-state index contributed by atoms with van der Waals surface area (Å²) in [6, 6.07) is 8.28. The number of methoxy groups -OCH3 is 1. The number of benzene rings is 1. The van der Waals surface area contributed by atoms with Crippen LogP contribution in [0.25, 0.3) is 17.0 Å². The van der Waals surface area contributed by atoms with Crippen LogP contribution in [0.2, 0.25) is 0 Å². The van der Waals surface area contributed by atoms with Crippen LogP contribution in [0, 0.1) is 0 Å². The number of alkyl halides is 2. The number of hydrogen-bond donors (Lipinski definition) is 3. The van der Waals surface area contributed by atoms with Crippen molar-refractivity contribution in [2.45, 2.75) is 13.0 Å². The summed E-state index contributed by atoms with van der Waals surface area (Å²) in [6.07, 6.45) is -1.41. The van der Waals surface area contributed by atoms with E-state index in [0.717, 1.165) is 0 Å². The van der Waals surface area contributed by atoms with Crippen LogP contribution in [-0.4, -0.2) is 71.7 Å². The van der Waals surface area contributed by atoms with E-state index in [4.69, 9.17) is 14.0 Å². The highest BCUT2D eigenvalue weighted by atomic mass is 32.2. The van der Waals surface area contributed by atoms with Gasteiger partial charge in [0.15, 0.2) is 5.82 Å². The number of nitrogens with one attached hydrogen (secondary N) is 2. The lowest BCUT2D eigenvalue weighted by Crippen LogP contribution is -2.37. The van der Waals surface area contributed by atoms with E-state index in [-0.39, 0.29) is 29.9 Å². The second kappa shape index (κ2) is 11.3. The van der Waals surface area contributed by atoms with Crippen molar-refractivity contribution in [1.82, 2.24) is 34.2 Å². The lowest BCUT2D eigenvalue weighted by atomic mass is 10.3. The zero-order valence-corrected chi connectivity index (χ0v) is 20.9. The molecule has 200 valence electrons. The molecule has 3 N–H and O–H groups in total. The van der Waals surface area contributed by atoms with E-state index in [9.17, 15) is 13.0 Å². The fourth-order valence-corrected chi connectivity index (χ4v) is 4.17. The third-order valence-electron chi connectivity index (χ3n) is 5.65. The van der Waals surface area contributed by atoms with Crippen LogP contribution in [0.4, 0.5) is 26.4 Å². The smallest absolute Gasteiger partial charge is 0.296 e. The van der Waals surface area contributed by atoms with Gasteiger partial charge in [0.1, 0.15) is 11.3 Å². The molecule has 38 heavy (non-hydrogen) atoms. The highest BCUT2D eigenvalue weighted by Gasteiger charge is 2.25. The number of ether oxygens (including phenoxy) is 2. The van der Waals surface area contributed by atoms with Gasteiger partial charge in [0, 0.05) is 13.1 Å². The molecule has 1 aliphatic rings. The molecule has 4 heterocycles. The molecule has 0 radical (unpaired) electrons. The number of nitrogens with zero attached hydrogens (tertiary/aromatic N) is 7. The predicted octanol–water partition coefficient (Wildman–Crippen LogP) is 2.36. The SMILES string of the molecule is COc1cccc2c1nc(C(F)F)n2-c1nc(Nc2ccc(CNS(=O)O)nc2)nc(N2CCOCC2)n1. The third kappa shape index (κ3) is 5.52. The molecule has 0 aliphatic carbocycles. The van der Waals surface area contributed by atoms with Crippen molar-refractivity contribution in [1.29, 1.82) is 0 Å². The Kier molecular flexibility index (Phi) is 7.64. The summed E-state index contributed by atoms with van der Waals surface area (Å²) in [7, 11) is 1.44. The lowest BCUT2D eigenvalue weighted by molar-refractivity contribution is 0.122. The molecule has 1 atom stereocenters. The van der Waals surface area contributed by atoms with Crippen molar-refractivity contribution >= 4 is 39.9 Å². The van der Waals surface area contributed by atoms with E-state index in [2.05, 4.69) is 35.0 Å². The number of pyridine rings is 1. The maximum absolute atomic E-state index is 14.2. The molecule has 0 spiro atoms. The molecule has 4 aromatic rings. The number of rotatable bonds is 9. The van der Waals surface area contributed by atoms with Gasteiger partial charge in [-0.25, -0.2) is 22.7 Å². The molecule has 1 aromatic carbocycles. The number of fused-ring (bicyclic) bond motifs is 1. The minimum Gasteiger partial charge on any atom is -0.494 e. The predicted molar refractivity (Wildman–Crippen MR) is 134 cm³/mol. The summed E-state index contributed by atoms with van der Waals surface area (Å²) in [4.78, 5) is 23.7. The Hall–Kier alpha value is -3.86. The van der Waals surface area contributed by atoms with Gasteiger partial charge in [0.05, 0.1) is 50.0 Å². The van der Waals surface area contributed by atoms with Gasteiger partial charge in [-0.3, -0.25) is 14.1 Å². The molecular weight excluding hydrogens is 524 g/mol. The Labute approximate surface area is 217 Å². The average Bonchev–Trinajstić information content (AvgIpc) is 3.33. The maximum Gasteiger partial charge on any atom is 0.296 e. The van der Waals surface area contributed by atoms with Gasteiger partial charge in [-0.15, -0.1) is 0 Å². The Morgan fingerprint density at radius 1 is 1.13 bits per heavy atom. The van der Waals surface area contributed by atoms with Crippen LogP contribution in [0.1, 0.15) is 17.9 Å². The molecule has 0 amide bonds. The van der Waals surface area contributed by atoms with Gasteiger partial charge in [0.2, 0.25) is 29.1 Å². The molecule has 1 saturated heterocycles. The van der Waals surface area contributed by atoms with Crippen LogP contribution in [0.3, 0.4) is 0 Å². The molecule has 3 aromatic heterocycles. The molecule has 0 bridgehead atoms. The molecule has 1 aliphatic heterocycles. The summed E-state index contributed by atoms with van der Waals surface area (Å²) in [5.74, 6) is 0.147. The van der Waals surface area contributed by atoms with Crippen LogP contribution in [-0.2, 0) is 22.5 Å². The van der Waals surface area contributed by atoms with Gasteiger partial charge in [-0.05, 0) is 24.3 Å². The topological polar surface area (TPSA) is 152 Å². The van der Waals surface area contributed by atoms with Gasteiger partial charge in [-0.1, -0.05) is 6.07 Å². The second-order valence-electron chi connectivity index (χ2n) is 8.03. The van der Waals surface area contributed by atoms with Crippen molar-refractivity contribution < 1.29 is 27.0 Å². The number of imidazole rings is 1. The van der Waals surface area contributed by atoms with E-state index < -0.39 is 23.5 Å². The summed E-state index contributed by atoms with van der Waals surface area (Å²) in [6.45, 7) is 2.05. The van der Waals surface area contributed by atoms with Crippen LogP contribution < -0.4 is 19.7 Å². The molecule has 1 unspecified atom stereocenters. The summed E-state index contributed by atoms with van der Waals surface area (Å²) in [5.41, 5.74) is 1.65. The van der Waals surface area contributed by atoms with Gasteiger partial charge in [-0.2, -0.15) is 15.0 Å². The summed E-state index contributed by atoms with van der Waals surface area (Å²) >= 11 is -2.16. The van der Waals surface area contributed by atoms with Gasteiger partial charge in [0.25, 0.3) is 6.43 Å². The maximum atomic E-state index is 14.2. The summed E-state index contributed by atoms with van der Waals surface area (Å²) < 4.78 is 62.3. The minimum absolute atomic E-state index is 0.0470. The zero-order chi connectivity index (χ0) is 26.6. The Morgan fingerprint density at radius 3 is 2.61 bits per heavy atom. The number of anilines is 3. The highest BCUT2D eigenvalue weighted by molar-refractivity contribution is 7.77. The van der Waals surface area contributed by atoms with Crippen molar-refractivity contribution in [3.8, 4) is 11.7 Å². The Morgan fingerprint density at radius 2 is 1.92 bits per heavy atom. The van der Waals surface area contributed by atoms with Gasteiger partial charge >= 0.3 is 0 Å². The van der Waals surface area contributed by atoms with E-state index in [1.165, 1.54) is 17.9 Å². The van der Waals surface area contributed by atoms with Crippen LogP contribution in [0.15, 0.2) is 36.5 Å². The first kappa shape index (κ1) is 25.8. The Bertz CT molecular complexity index is 1450. The highest BCUT2D eigenvalue weighted by Crippen LogP contribution is 2.32. The minimum atomic E-state index is -2.91. The molecule has 13 nitrogen and oxygen atoms in total. The first-order chi connectivity index (χ1) is 18.4. The van der Waals surface area contributed by atoms with Crippen molar-refractivity contribution in [2.75, 3.05) is 43.6 Å². The zero-order valence-electron chi connectivity index (χ0n) is 20.0. The van der Waals surface area contributed by atoms with E-state index in [0.29, 0.717) is 49.0 Å². The van der Waals surface area contributed by atoms with Crippen molar-refractivity contribution in [3.63, 3.8) is 0 Å². The standard InChI is InChI=1S/C22H23F2N9O4S/c1-36-16-4-2-3-15-17(16)28-19(18(23)24)33(15)22-30-20(29-21(31-22)32-7-9-37-10-8-32)27-14-6-5-13(25-11-14)12-26-38(34)35/h2-6,11,18,26H,7-10,12H2,1H3,(H,34,35)(H,27,29,30,31). The second-order valence-corrected chi connectivity index (χ2v) is 8.81. The molecule has 1 fully saturated rings. The quantitative estimate of drug-likeness (QED) is 0.265. The van der Waals surface area contributed by atoms with E-state index in [1.54, 1.807) is 30.3 Å². The van der Waals surface area contributed by atoms with Crippen LogP contribution in [0.5, 0.6) is 5.75 Å². The largest absolute Gasteiger partial charge is 0.494 e. The fraction of sp³-hybridized carbons (Fsp3) is 0.318. The molecular formula is C22H23F2N9O4S. The number of morpholine rings is 1. The van der Waals surface area contributed by atoms with Crippen molar-refractivity contribution in [2.24, 2.45) is 0 Å². The number of aromatic nitrogens is 6. The van der Waals surface area contributed by atoms with Crippen molar-refractivity contribution in [3.05, 3.63) is 48.0 Å². The normalized spacial score (nSPS) is 14.7. The first-order valence-electron chi connectivity index (χ1n) is 11.4. The molecule has 0 saturated carbocycles. The third-order valence-corrected chi connectivity index (χ3v) is 6.04. The number of halogens is 2. The lowest BCUT2D eigenvalue weighted by Gasteiger charge is -2.27. The van der Waals surface area contributed by atoms with E-state index in [1.807, 2.05) is 4.90 Å². The fourth-order valence-electron chi connectivity index (χ4n) is 3.90. The first-order valence-corrected chi connectivity index (χ1v) is 12.5. The number of hydrogen-bond acceptors (Lipinski definition) is 10. The van der Waals surface area contributed by atoms with Crippen LogP contribution >= 0.6 is 0 Å². The summed E-state index contributed by atoms with van der Waals surface area (Å²) in [5, 5.41) is 3.04. The van der Waals surface area contributed by atoms with E-state index >= 15 is 0 Å².